The lowest BCUT2D eigenvalue weighted by Gasteiger charge is -2.04. The van der Waals surface area contributed by atoms with Gasteiger partial charge in [0.1, 0.15) is 11.5 Å². The highest BCUT2D eigenvalue weighted by molar-refractivity contribution is 5.78. The van der Waals surface area contributed by atoms with Crippen LogP contribution in [0.15, 0.2) is 24.3 Å². The molecule has 0 aliphatic carbocycles. The van der Waals surface area contributed by atoms with Gasteiger partial charge in [-0.2, -0.15) is 0 Å². The van der Waals surface area contributed by atoms with Crippen molar-refractivity contribution >= 4 is 11.8 Å². The summed E-state index contributed by atoms with van der Waals surface area (Å²) in [7, 11) is 0. The molecule has 0 amide bonds. The normalized spacial score (nSPS) is 9.88. The van der Waals surface area contributed by atoms with Crippen molar-refractivity contribution in [3.8, 4) is 5.75 Å². The molecule has 1 rings (SSSR count). The van der Waals surface area contributed by atoms with Crippen LogP contribution in [-0.2, 0) is 16.0 Å². The van der Waals surface area contributed by atoms with E-state index in [9.17, 15) is 9.59 Å². The number of ether oxygens (including phenoxy) is 1. The van der Waals surface area contributed by atoms with E-state index in [4.69, 9.17) is 4.74 Å². The number of ketones is 1. The van der Waals surface area contributed by atoms with Gasteiger partial charge in [0.2, 0.25) is 0 Å². The van der Waals surface area contributed by atoms with Gasteiger partial charge in [0, 0.05) is 12.8 Å². The Hall–Kier alpha value is -1.64. The highest BCUT2D eigenvalue weighted by Gasteiger charge is 2.03. The fourth-order valence-corrected chi connectivity index (χ4v) is 1.35. The van der Waals surface area contributed by atoms with Gasteiger partial charge in [0.25, 0.3) is 0 Å². The van der Waals surface area contributed by atoms with E-state index < -0.39 is 0 Å². The van der Waals surface area contributed by atoms with Gasteiger partial charge >= 0.3 is 5.97 Å². The highest BCUT2D eigenvalue weighted by Crippen LogP contribution is 2.13. The van der Waals surface area contributed by atoms with E-state index in [-0.39, 0.29) is 11.8 Å². The molecule has 0 fully saturated rings. The molecule has 0 aliphatic heterocycles. The Morgan fingerprint density at radius 3 is 2.31 bits per heavy atom. The van der Waals surface area contributed by atoms with Crippen LogP contribution in [-0.4, -0.2) is 11.8 Å². The summed E-state index contributed by atoms with van der Waals surface area (Å²) in [4.78, 5) is 22.1. The second kappa shape index (κ2) is 6.05. The maximum atomic E-state index is 11.2. The first-order valence-corrected chi connectivity index (χ1v) is 5.41. The quantitative estimate of drug-likeness (QED) is 0.565. The van der Waals surface area contributed by atoms with Gasteiger partial charge in [-0.1, -0.05) is 19.1 Å². The van der Waals surface area contributed by atoms with Crippen molar-refractivity contribution in [2.24, 2.45) is 0 Å². The van der Waals surface area contributed by atoms with Crippen LogP contribution in [0.1, 0.15) is 32.3 Å². The van der Waals surface area contributed by atoms with Gasteiger partial charge in [-0.15, -0.1) is 0 Å². The summed E-state index contributed by atoms with van der Waals surface area (Å²) in [5.41, 5.74) is 0.933. The van der Waals surface area contributed by atoms with Crippen molar-refractivity contribution in [2.45, 2.75) is 33.1 Å². The zero-order valence-corrected chi connectivity index (χ0v) is 9.66. The van der Waals surface area contributed by atoms with E-state index in [1.54, 1.807) is 31.2 Å². The van der Waals surface area contributed by atoms with Crippen LogP contribution >= 0.6 is 0 Å². The molecule has 0 spiro atoms. The zero-order chi connectivity index (χ0) is 12.0. The minimum atomic E-state index is -0.221. The van der Waals surface area contributed by atoms with Crippen LogP contribution in [0.3, 0.4) is 0 Å². The van der Waals surface area contributed by atoms with Crippen molar-refractivity contribution in [1.29, 1.82) is 0 Å². The molecule has 0 bridgehead atoms. The van der Waals surface area contributed by atoms with Gasteiger partial charge in [-0.25, -0.2) is 0 Å². The topological polar surface area (TPSA) is 43.4 Å². The molecular weight excluding hydrogens is 204 g/mol. The van der Waals surface area contributed by atoms with Crippen LogP contribution < -0.4 is 4.74 Å². The minimum absolute atomic E-state index is 0.121. The number of esters is 1. The molecule has 0 N–H and O–H groups in total. The first kappa shape index (κ1) is 12.4. The molecule has 0 saturated heterocycles. The summed E-state index contributed by atoms with van der Waals surface area (Å²) in [6, 6.07) is 7.03. The number of hydrogen-bond donors (Lipinski definition) is 0. The highest BCUT2D eigenvalue weighted by atomic mass is 16.5. The fourth-order valence-electron chi connectivity index (χ4n) is 1.35. The van der Waals surface area contributed by atoms with Crippen molar-refractivity contribution in [3.63, 3.8) is 0 Å². The van der Waals surface area contributed by atoms with Gasteiger partial charge < -0.3 is 4.74 Å². The maximum Gasteiger partial charge on any atom is 0.311 e. The average molecular weight is 220 g/mol. The molecule has 0 atom stereocenters. The molecule has 1 aromatic rings. The van der Waals surface area contributed by atoms with Crippen molar-refractivity contribution in [1.82, 2.24) is 0 Å². The smallest absolute Gasteiger partial charge is 0.311 e. The third kappa shape index (κ3) is 4.26. The molecular formula is C13H16O3. The Labute approximate surface area is 95.4 Å². The van der Waals surface area contributed by atoms with Crippen molar-refractivity contribution in [3.05, 3.63) is 29.8 Å². The van der Waals surface area contributed by atoms with E-state index in [2.05, 4.69) is 0 Å². The van der Waals surface area contributed by atoms with Gasteiger partial charge in [-0.05, 0) is 31.0 Å². The SMILES string of the molecule is CCCC(=O)Oc1ccc(CC(C)=O)cc1. The summed E-state index contributed by atoms with van der Waals surface area (Å²) >= 11 is 0. The molecule has 86 valence electrons. The molecule has 0 unspecified atom stereocenters. The van der Waals surface area contributed by atoms with Crippen LogP contribution in [0, 0.1) is 0 Å². The number of benzene rings is 1. The molecule has 0 aliphatic rings. The maximum absolute atomic E-state index is 11.2. The number of carbonyl (C=O) groups is 2. The minimum Gasteiger partial charge on any atom is -0.427 e. The molecule has 16 heavy (non-hydrogen) atoms. The van der Waals surface area contributed by atoms with E-state index in [1.807, 2.05) is 6.92 Å². The predicted molar refractivity (Wildman–Crippen MR) is 61.4 cm³/mol. The molecule has 3 nitrogen and oxygen atoms in total. The largest absolute Gasteiger partial charge is 0.427 e. The van der Waals surface area contributed by atoms with E-state index >= 15 is 0 Å². The number of hydrogen-bond acceptors (Lipinski definition) is 3. The first-order valence-electron chi connectivity index (χ1n) is 5.41. The first-order chi connectivity index (χ1) is 7.61. The monoisotopic (exact) mass is 220 g/mol. The standard InChI is InChI=1S/C13H16O3/c1-3-4-13(15)16-12-7-5-11(6-8-12)9-10(2)14/h5-8H,3-4,9H2,1-2H3. The van der Waals surface area contributed by atoms with E-state index in [0.717, 1.165) is 12.0 Å². The summed E-state index contributed by atoms with van der Waals surface area (Å²) in [6.07, 6.45) is 1.62. The lowest BCUT2D eigenvalue weighted by atomic mass is 10.1. The lowest BCUT2D eigenvalue weighted by Crippen LogP contribution is -2.06. The Balaban J connectivity index is 2.57. The second-order valence-corrected chi connectivity index (χ2v) is 3.75. The Morgan fingerprint density at radius 2 is 1.81 bits per heavy atom. The van der Waals surface area contributed by atoms with Gasteiger partial charge in [-0.3, -0.25) is 9.59 Å². The summed E-state index contributed by atoms with van der Waals surface area (Å²) in [5, 5.41) is 0. The van der Waals surface area contributed by atoms with Crippen LogP contribution in [0.4, 0.5) is 0 Å². The van der Waals surface area contributed by atoms with E-state index in [0.29, 0.717) is 18.6 Å². The summed E-state index contributed by atoms with van der Waals surface area (Å²) < 4.78 is 5.09. The van der Waals surface area contributed by atoms with Crippen LogP contribution in [0.25, 0.3) is 0 Å². The predicted octanol–water partition coefficient (Wildman–Crippen LogP) is 2.52. The molecule has 3 heteroatoms. The average Bonchev–Trinajstić information content (AvgIpc) is 2.20. The van der Waals surface area contributed by atoms with Crippen LogP contribution in [0.5, 0.6) is 5.75 Å². The summed E-state index contributed by atoms with van der Waals surface area (Å²) in [5.74, 6) is 0.434. The second-order valence-electron chi connectivity index (χ2n) is 3.75. The molecule has 0 radical (unpaired) electrons. The van der Waals surface area contributed by atoms with Crippen LogP contribution in [0.2, 0.25) is 0 Å². The summed E-state index contributed by atoms with van der Waals surface area (Å²) in [6.45, 7) is 3.48. The number of Topliss-reactive ketones (excluding diaryl/α,β-unsaturated/α-hetero) is 1. The van der Waals surface area contributed by atoms with E-state index in [1.165, 1.54) is 0 Å². The number of rotatable bonds is 5. The Morgan fingerprint density at radius 1 is 1.19 bits per heavy atom. The third-order valence-corrected chi connectivity index (χ3v) is 2.06. The Bertz CT molecular complexity index is 365. The lowest BCUT2D eigenvalue weighted by molar-refractivity contribution is -0.134. The van der Waals surface area contributed by atoms with Crippen molar-refractivity contribution in [2.75, 3.05) is 0 Å². The molecule has 1 aromatic carbocycles. The van der Waals surface area contributed by atoms with Gasteiger partial charge in [0.05, 0.1) is 0 Å². The molecule has 0 saturated carbocycles. The third-order valence-electron chi connectivity index (χ3n) is 2.06. The Kier molecular flexibility index (Phi) is 4.70. The fraction of sp³-hybridized carbons (Fsp3) is 0.385. The molecule has 0 heterocycles. The van der Waals surface area contributed by atoms with Crippen molar-refractivity contribution < 1.29 is 14.3 Å². The zero-order valence-electron chi connectivity index (χ0n) is 9.66. The van der Waals surface area contributed by atoms with Gasteiger partial charge in [0.15, 0.2) is 0 Å². The number of carbonyl (C=O) groups excluding carboxylic acids is 2. The molecule has 0 aromatic heterocycles.